The van der Waals surface area contributed by atoms with E-state index in [0.29, 0.717) is 23.7 Å². The Labute approximate surface area is 151 Å². The van der Waals surface area contributed by atoms with Crippen LogP contribution in [0, 0.1) is 11.7 Å². The van der Waals surface area contributed by atoms with E-state index in [4.69, 9.17) is 16.8 Å². The number of benzene rings is 1. The third-order valence-corrected chi connectivity index (χ3v) is 4.53. The van der Waals surface area contributed by atoms with E-state index in [1.165, 1.54) is 31.0 Å². The molecule has 0 amide bonds. The summed E-state index contributed by atoms with van der Waals surface area (Å²) >= 11 is 8.47. The molecular weight excluding hydrogens is 399 g/mol. The number of hydroxylamine groups is 1. The minimum atomic E-state index is -0.401. The highest BCUT2D eigenvalue weighted by atomic mass is 79.9. The molecule has 0 bridgehead atoms. The van der Waals surface area contributed by atoms with Gasteiger partial charge in [-0.3, -0.25) is 10.7 Å². The molecule has 1 aromatic carbocycles. The van der Waals surface area contributed by atoms with Crippen molar-refractivity contribution in [1.82, 2.24) is 15.8 Å². The van der Waals surface area contributed by atoms with Crippen LogP contribution in [0.15, 0.2) is 32.3 Å². The molecule has 0 radical (unpaired) electrons. The molecule has 1 saturated carbocycles. The van der Waals surface area contributed by atoms with Gasteiger partial charge in [0.05, 0.1) is 10.2 Å². The SMILES string of the molecule is ONC(=Nc1ccc(F)c(Br)c1)c1nonc1CC(=S)CC1CC1. The number of thiocarbonyl (C=S) groups is 1. The highest BCUT2D eigenvalue weighted by molar-refractivity contribution is 9.10. The molecule has 0 saturated heterocycles. The van der Waals surface area contributed by atoms with Crippen molar-refractivity contribution in [1.29, 1.82) is 0 Å². The Balaban J connectivity index is 1.82. The van der Waals surface area contributed by atoms with Gasteiger partial charge in [0, 0.05) is 6.42 Å². The third-order valence-electron chi connectivity index (χ3n) is 3.61. The first-order valence-electron chi connectivity index (χ1n) is 7.34. The third kappa shape index (κ3) is 4.22. The molecule has 24 heavy (non-hydrogen) atoms. The number of nitrogens with one attached hydrogen (secondary N) is 1. The highest BCUT2D eigenvalue weighted by Crippen LogP contribution is 2.33. The Bertz CT molecular complexity index is 792. The highest BCUT2D eigenvalue weighted by Gasteiger charge is 2.24. The van der Waals surface area contributed by atoms with Crippen molar-refractivity contribution >= 4 is 44.5 Å². The van der Waals surface area contributed by atoms with Gasteiger partial charge in [0.2, 0.25) is 0 Å². The molecule has 2 aromatic rings. The fraction of sp³-hybridized carbons (Fsp3) is 0.333. The predicted molar refractivity (Wildman–Crippen MR) is 93.2 cm³/mol. The number of amidine groups is 1. The van der Waals surface area contributed by atoms with Gasteiger partial charge in [-0.15, -0.1) is 0 Å². The van der Waals surface area contributed by atoms with Crippen LogP contribution in [0.2, 0.25) is 0 Å². The smallest absolute Gasteiger partial charge is 0.182 e. The standard InChI is InChI=1S/C15H14BrFN4O2S/c16-11-6-9(3-4-12(11)17)18-15(19-22)14-13(20-23-21-14)7-10(24)5-8-1-2-8/h3-4,6,8,22H,1-2,5,7H2,(H,18,19). The van der Waals surface area contributed by atoms with E-state index in [1.54, 1.807) is 0 Å². The molecule has 0 aliphatic heterocycles. The molecule has 0 spiro atoms. The summed E-state index contributed by atoms with van der Waals surface area (Å²) in [5.41, 5.74) is 3.19. The summed E-state index contributed by atoms with van der Waals surface area (Å²) in [6.45, 7) is 0. The Morgan fingerprint density at radius 2 is 2.25 bits per heavy atom. The van der Waals surface area contributed by atoms with Gasteiger partial charge in [0.25, 0.3) is 0 Å². The average molecular weight is 413 g/mol. The summed E-state index contributed by atoms with van der Waals surface area (Å²) in [6.07, 6.45) is 3.74. The van der Waals surface area contributed by atoms with E-state index in [9.17, 15) is 9.60 Å². The van der Waals surface area contributed by atoms with Gasteiger partial charge in [-0.1, -0.05) is 17.4 Å². The van der Waals surface area contributed by atoms with Crippen LogP contribution in [0.5, 0.6) is 0 Å². The monoisotopic (exact) mass is 412 g/mol. The number of hydrogen-bond donors (Lipinski definition) is 2. The van der Waals surface area contributed by atoms with Crippen LogP contribution in [0.25, 0.3) is 0 Å². The van der Waals surface area contributed by atoms with Crippen molar-refractivity contribution < 1.29 is 14.2 Å². The number of aromatic nitrogens is 2. The lowest BCUT2D eigenvalue weighted by Crippen LogP contribution is -2.22. The normalized spacial score (nSPS) is 14.7. The molecule has 2 N–H and O–H groups in total. The first-order valence-corrected chi connectivity index (χ1v) is 8.54. The summed E-state index contributed by atoms with van der Waals surface area (Å²) < 4.78 is 18.3. The fourth-order valence-electron chi connectivity index (χ4n) is 2.22. The fourth-order valence-corrected chi connectivity index (χ4v) is 2.96. The van der Waals surface area contributed by atoms with Gasteiger partial charge >= 0.3 is 0 Å². The van der Waals surface area contributed by atoms with Crippen molar-refractivity contribution in [3.05, 3.63) is 39.9 Å². The van der Waals surface area contributed by atoms with Crippen molar-refractivity contribution in [2.45, 2.75) is 25.7 Å². The molecular formula is C15H14BrFN4O2S. The molecule has 126 valence electrons. The van der Waals surface area contributed by atoms with Crippen LogP contribution in [0.3, 0.4) is 0 Å². The molecule has 3 rings (SSSR count). The van der Waals surface area contributed by atoms with Crippen molar-refractivity contribution in [2.24, 2.45) is 10.9 Å². The van der Waals surface area contributed by atoms with Gasteiger partial charge in [-0.2, -0.15) is 0 Å². The van der Waals surface area contributed by atoms with Crippen LogP contribution >= 0.6 is 28.1 Å². The summed E-state index contributed by atoms with van der Waals surface area (Å²) in [7, 11) is 0. The first-order chi connectivity index (χ1) is 11.6. The topological polar surface area (TPSA) is 83.5 Å². The molecule has 9 heteroatoms. The number of halogens is 2. The Morgan fingerprint density at radius 3 is 2.92 bits per heavy atom. The lowest BCUT2D eigenvalue weighted by molar-refractivity contribution is 0.234. The van der Waals surface area contributed by atoms with E-state index in [2.05, 4.69) is 31.2 Å². The second-order valence-electron chi connectivity index (χ2n) is 5.59. The average Bonchev–Trinajstić information content (AvgIpc) is 3.25. The molecule has 1 heterocycles. The van der Waals surface area contributed by atoms with Crippen molar-refractivity contribution in [3.63, 3.8) is 0 Å². The molecule has 0 atom stereocenters. The molecule has 6 nitrogen and oxygen atoms in total. The Hall–Kier alpha value is -1.71. The summed E-state index contributed by atoms with van der Waals surface area (Å²) in [5, 5.41) is 17.0. The van der Waals surface area contributed by atoms with Crippen LogP contribution < -0.4 is 5.48 Å². The van der Waals surface area contributed by atoms with Crippen LogP contribution in [-0.4, -0.2) is 26.2 Å². The van der Waals surface area contributed by atoms with Crippen LogP contribution in [-0.2, 0) is 6.42 Å². The maximum absolute atomic E-state index is 13.3. The van der Waals surface area contributed by atoms with Crippen LogP contribution in [0.1, 0.15) is 30.7 Å². The lowest BCUT2D eigenvalue weighted by atomic mass is 10.1. The quantitative estimate of drug-likeness (QED) is 0.325. The summed E-state index contributed by atoms with van der Waals surface area (Å²) in [5.74, 6) is 0.335. The number of nitrogens with zero attached hydrogens (tertiary/aromatic N) is 3. The van der Waals surface area contributed by atoms with E-state index in [-0.39, 0.29) is 16.0 Å². The van der Waals surface area contributed by atoms with Gasteiger partial charge in [0.15, 0.2) is 11.5 Å². The minimum absolute atomic E-state index is 0.0546. The number of rotatable bonds is 6. The largest absolute Gasteiger partial charge is 0.290 e. The van der Waals surface area contributed by atoms with Crippen molar-refractivity contribution in [3.8, 4) is 0 Å². The number of hydrogen-bond acceptors (Lipinski definition) is 6. The van der Waals surface area contributed by atoms with Gasteiger partial charge in [0.1, 0.15) is 11.5 Å². The van der Waals surface area contributed by atoms with Gasteiger partial charge in [-0.05, 0) is 69.3 Å². The first kappa shape index (κ1) is 17.1. The lowest BCUT2D eigenvalue weighted by Gasteiger charge is -2.04. The maximum atomic E-state index is 13.3. The van der Waals surface area contributed by atoms with Crippen molar-refractivity contribution in [2.75, 3.05) is 0 Å². The van der Waals surface area contributed by atoms with E-state index >= 15 is 0 Å². The second kappa shape index (κ2) is 7.45. The zero-order valence-corrected chi connectivity index (χ0v) is 14.9. The van der Waals surface area contributed by atoms with Gasteiger partial charge < -0.3 is 0 Å². The maximum Gasteiger partial charge on any atom is 0.182 e. The minimum Gasteiger partial charge on any atom is -0.290 e. The second-order valence-corrected chi connectivity index (χ2v) is 7.02. The molecule has 0 unspecified atom stereocenters. The van der Waals surface area contributed by atoms with Gasteiger partial charge in [-0.25, -0.2) is 14.0 Å². The molecule has 1 fully saturated rings. The zero-order chi connectivity index (χ0) is 17.1. The zero-order valence-electron chi connectivity index (χ0n) is 12.5. The van der Waals surface area contributed by atoms with E-state index in [1.807, 2.05) is 5.48 Å². The molecule has 1 aromatic heterocycles. The van der Waals surface area contributed by atoms with E-state index < -0.39 is 5.82 Å². The Kier molecular flexibility index (Phi) is 5.32. The number of aliphatic imine (C=N–C) groups is 1. The van der Waals surface area contributed by atoms with E-state index in [0.717, 1.165) is 11.3 Å². The molecule has 1 aliphatic rings. The predicted octanol–water partition coefficient (Wildman–Crippen LogP) is 3.74. The molecule has 1 aliphatic carbocycles. The Morgan fingerprint density at radius 1 is 1.46 bits per heavy atom. The van der Waals surface area contributed by atoms with Crippen LogP contribution in [0.4, 0.5) is 10.1 Å². The summed E-state index contributed by atoms with van der Waals surface area (Å²) in [6, 6.07) is 4.23. The summed E-state index contributed by atoms with van der Waals surface area (Å²) in [4.78, 5) is 5.09.